The van der Waals surface area contributed by atoms with E-state index in [1.54, 1.807) is 0 Å². The van der Waals surface area contributed by atoms with Gasteiger partial charge in [-0.2, -0.15) is 25.2 Å². The zero-order chi connectivity index (χ0) is 21.3. The molecule has 4 aliphatic rings. The highest BCUT2D eigenvalue weighted by Crippen LogP contribution is 2.30. The van der Waals surface area contributed by atoms with E-state index in [4.69, 9.17) is 9.39 Å². The van der Waals surface area contributed by atoms with E-state index < -0.39 is 34.4 Å². The highest BCUT2D eigenvalue weighted by atomic mass is 32.3. The van der Waals surface area contributed by atoms with Gasteiger partial charge in [0.05, 0.1) is 12.6 Å². The van der Waals surface area contributed by atoms with Crippen molar-refractivity contribution in [2.75, 3.05) is 44.3 Å². The Bertz CT molecular complexity index is 763. The number of fused-ring (bicyclic) bond motifs is 2. The molecule has 4 heterocycles. The molecule has 4 rings (SSSR count). The standard InChI is InChI=1S/C16H27N5O7S2/c22-15(14-2-1-12-9-20(14)16(23)21(12)28-30(24,25)26)18-27-10-11-7-13(8-17-11)19-3-5-29-6-4-19/h11-14,17H,1-10H2,(H,18,22)(H,24,25,26)/t11-,12?,13-,14?/m1/s1. The minimum Gasteiger partial charge on any atom is -0.310 e. The molecule has 2 unspecified atom stereocenters. The number of amides is 3. The summed E-state index contributed by atoms with van der Waals surface area (Å²) in [6.45, 7) is 3.58. The molecule has 3 amide bonds. The van der Waals surface area contributed by atoms with Crippen molar-refractivity contribution in [1.29, 1.82) is 0 Å². The maximum atomic E-state index is 12.5. The van der Waals surface area contributed by atoms with E-state index in [1.807, 2.05) is 11.8 Å². The SMILES string of the molecule is O=C(NOC[C@H]1C[C@@H](N2CCSCC2)CN1)C1CCC2CN1C(=O)N2OS(=O)(=O)O. The van der Waals surface area contributed by atoms with Crippen molar-refractivity contribution in [3.63, 3.8) is 0 Å². The number of piperidine rings is 1. The number of hydroxylamine groups is 3. The maximum absolute atomic E-state index is 12.5. The second-order valence-electron chi connectivity index (χ2n) is 7.93. The van der Waals surface area contributed by atoms with Crippen molar-refractivity contribution in [3.8, 4) is 0 Å². The molecule has 14 heteroatoms. The zero-order valence-corrected chi connectivity index (χ0v) is 18.1. The Morgan fingerprint density at radius 3 is 2.77 bits per heavy atom. The molecule has 2 bridgehead atoms. The van der Waals surface area contributed by atoms with Gasteiger partial charge < -0.3 is 10.2 Å². The minimum absolute atomic E-state index is 0.145. The summed E-state index contributed by atoms with van der Waals surface area (Å²) in [5.41, 5.74) is 2.42. The molecule has 12 nitrogen and oxygen atoms in total. The lowest BCUT2D eigenvalue weighted by molar-refractivity contribution is -0.139. The first-order valence-electron chi connectivity index (χ1n) is 10.1. The smallest absolute Gasteiger partial charge is 0.310 e. The Hall–Kier alpha value is -1.16. The summed E-state index contributed by atoms with van der Waals surface area (Å²) < 4.78 is 35.1. The maximum Gasteiger partial charge on any atom is 0.418 e. The Labute approximate surface area is 179 Å². The third-order valence-corrected chi connectivity index (χ3v) is 7.31. The van der Waals surface area contributed by atoms with Gasteiger partial charge in [0.15, 0.2) is 0 Å². The summed E-state index contributed by atoms with van der Waals surface area (Å²) in [4.78, 5) is 34.0. The molecule has 0 aromatic rings. The molecule has 170 valence electrons. The Morgan fingerprint density at radius 1 is 1.27 bits per heavy atom. The summed E-state index contributed by atoms with van der Waals surface area (Å²) in [5, 5.41) is 4.04. The van der Waals surface area contributed by atoms with Crippen LogP contribution >= 0.6 is 11.8 Å². The van der Waals surface area contributed by atoms with Crippen LogP contribution in [0.3, 0.4) is 0 Å². The van der Waals surface area contributed by atoms with Gasteiger partial charge in [0, 0.05) is 49.8 Å². The van der Waals surface area contributed by atoms with Gasteiger partial charge in [-0.05, 0) is 19.3 Å². The van der Waals surface area contributed by atoms with Gasteiger partial charge in [-0.15, -0.1) is 4.28 Å². The summed E-state index contributed by atoms with van der Waals surface area (Å²) in [5.74, 6) is 1.87. The number of carbonyl (C=O) groups excluding carboxylic acids is 2. The number of carbonyl (C=O) groups is 2. The van der Waals surface area contributed by atoms with Crippen molar-refractivity contribution < 1.29 is 31.7 Å². The molecule has 0 aromatic heterocycles. The van der Waals surface area contributed by atoms with Gasteiger partial charge in [-0.25, -0.2) is 10.3 Å². The van der Waals surface area contributed by atoms with Crippen LogP contribution in [0.2, 0.25) is 0 Å². The van der Waals surface area contributed by atoms with E-state index in [9.17, 15) is 18.0 Å². The van der Waals surface area contributed by atoms with Crippen LogP contribution in [0.25, 0.3) is 0 Å². The van der Waals surface area contributed by atoms with Crippen molar-refractivity contribution in [3.05, 3.63) is 0 Å². The molecule has 0 aliphatic carbocycles. The van der Waals surface area contributed by atoms with E-state index in [-0.39, 0.29) is 12.6 Å². The van der Waals surface area contributed by atoms with Gasteiger partial charge in [0.2, 0.25) is 0 Å². The second-order valence-corrected chi connectivity index (χ2v) is 10.2. The zero-order valence-electron chi connectivity index (χ0n) is 16.4. The van der Waals surface area contributed by atoms with E-state index in [1.165, 1.54) is 4.90 Å². The predicted octanol–water partition coefficient (Wildman–Crippen LogP) is -1.18. The molecule has 0 spiro atoms. The minimum atomic E-state index is -4.81. The average molecular weight is 466 g/mol. The number of hydrogen-bond donors (Lipinski definition) is 3. The third kappa shape index (κ3) is 5.00. The molecule has 30 heavy (non-hydrogen) atoms. The molecule has 0 aromatic carbocycles. The summed E-state index contributed by atoms with van der Waals surface area (Å²) in [6.07, 6.45) is 1.67. The molecule has 3 N–H and O–H groups in total. The van der Waals surface area contributed by atoms with Gasteiger partial charge in [0.25, 0.3) is 5.91 Å². The van der Waals surface area contributed by atoms with Gasteiger partial charge in [-0.3, -0.25) is 19.1 Å². The Kier molecular flexibility index (Phi) is 6.72. The monoisotopic (exact) mass is 465 g/mol. The number of nitrogens with zero attached hydrogens (tertiary/aromatic N) is 3. The van der Waals surface area contributed by atoms with Crippen LogP contribution in [0.4, 0.5) is 4.79 Å². The van der Waals surface area contributed by atoms with Crippen LogP contribution in [-0.2, 0) is 24.3 Å². The highest BCUT2D eigenvalue weighted by Gasteiger charge is 2.49. The normalized spacial score (nSPS) is 32.6. The molecular weight excluding hydrogens is 438 g/mol. The predicted molar refractivity (Wildman–Crippen MR) is 107 cm³/mol. The van der Waals surface area contributed by atoms with Crippen LogP contribution in [0, 0.1) is 0 Å². The lowest BCUT2D eigenvalue weighted by Gasteiger charge is -2.31. The molecule has 0 radical (unpaired) electrons. The fourth-order valence-electron chi connectivity index (χ4n) is 4.53. The largest absolute Gasteiger partial charge is 0.418 e. The quantitative estimate of drug-likeness (QED) is 0.311. The highest BCUT2D eigenvalue weighted by molar-refractivity contribution is 7.99. The second kappa shape index (κ2) is 9.14. The number of rotatable bonds is 7. The summed E-state index contributed by atoms with van der Waals surface area (Å²) >= 11 is 1.98. The lowest BCUT2D eigenvalue weighted by atomic mass is 10.0. The van der Waals surface area contributed by atoms with Crippen molar-refractivity contribution in [2.24, 2.45) is 0 Å². The number of nitrogens with one attached hydrogen (secondary N) is 2. The van der Waals surface area contributed by atoms with E-state index in [2.05, 4.69) is 20.0 Å². The van der Waals surface area contributed by atoms with Crippen molar-refractivity contribution >= 4 is 34.1 Å². The first-order valence-corrected chi connectivity index (χ1v) is 12.6. The van der Waals surface area contributed by atoms with Gasteiger partial charge in [0.1, 0.15) is 6.04 Å². The first-order chi connectivity index (χ1) is 14.3. The fourth-order valence-corrected chi connectivity index (χ4v) is 5.85. The fraction of sp³-hybridized carbons (Fsp3) is 0.875. The van der Waals surface area contributed by atoms with Crippen LogP contribution in [-0.4, -0.2) is 108 Å². The Morgan fingerprint density at radius 2 is 2.03 bits per heavy atom. The van der Waals surface area contributed by atoms with Crippen LogP contribution in [0.5, 0.6) is 0 Å². The molecular formula is C16H27N5O7S2. The van der Waals surface area contributed by atoms with Crippen molar-refractivity contribution in [1.82, 2.24) is 25.7 Å². The van der Waals surface area contributed by atoms with Gasteiger partial charge >= 0.3 is 16.4 Å². The van der Waals surface area contributed by atoms with Crippen molar-refractivity contribution in [2.45, 2.75) is 43.4 Å². The molecule has 4 atom stereocenters. The van der Waals surface area contributed by atoms with E-state index in [0.29, 0.717) is 30.6 Å². The third-order valence-electron chi connectivity index (χ3n) is 6.02. The number of hydrogen-bond acceptors (Lipinski definition) is 9. The topological polar surface area (TPSA) is 141 Å². The average Bonchev–Trinajstić information content (AvgIpc) is 3.27. The van der Waals surface area contributed by atoms with Gasteiger partial charge in [-0.1, -0.05) is 0 Å². The Balaban J connectivity index is 1.22. The lowest BCUT2D eigenvalue weighted by Crippen LogP contribution is -2.50. The molecule has 4 aliphatic heterocycles. The van der Waals surface area contributed by atoms with Crippen LogP contribution in [0.1, 0.15) is 19.3 Å². The summed E-state index contributed by atoms with van der Waals surface area (Å²) in [7, 11) is -4.81. The molecule has 4 saturated heterocycles. The summed E-state index contributed by atoms with van der Waals surface area (Å²) in [6, 6.07) is -1.44. The molecule has 0 saturated carbocycles. The number of thioether (sulfide) groups is 1. The van der Waals surface area contributed by atoms with E-state index >= 15 is 0 Å². The molecule has 4 fully saturated rings. The first kappa shape index (κ1) is 22.0. The van der Waals surface area contributed by atoms with Crippen LogP contribution in [0.15, 0.2) is 0 Å². The number of urea groups is 1. The van der Waals surface area contributed by atoms with Crippen LogP contribution < -0.4 is 10.8 Å². The van der Waals surface area contributed by atoms with E-state index in [0.717, 1.165) is 37.6 Å².